The van der Waals surface area contributed by atoms with Crippen molar-refractivity contribution < 1.29 is 9.53 Å². The van der Waals surface area contributed by atoms with Gasteiger partial charge in [0.2, 0.25) is 0 Å². The number of likely N-dealkylation sites (tertiary alicyclic amines) is 1. The zero-order valence-corrected chi connectivity index (χ0v) is 9.21. The van der Waals surface area contributed by atoms with Crippen LogP contribution in [0.4, 0.5) is 0 Å². The number of carbonyl (C=O) groups excluding carboxylic acids is 1. The molecule has 1 spiro atoms. The Morgan fingerprint density at radius 1 is 1.20 bits per heavy atom. The smallest absolute Gasteiger partial charge is 0.251 e. The van der Waals surface area contributed by atoms with Gasteiger partial charge in [-0.05, 0) is 43.9 Å². The normalized spacial score (nSPS) is 33.3. The molecule has 0 aromatic heterocycles. The molecular weight excluding hydrogens is 190 g/mol. The van der Waals surface area contributed by atoms with Crippen molar-refractivity contribution in [3.05, 3.63) is 0 Å². The summed E-state index contributed by atoms with van der Waals surface area (Å²) in [5.74, 6) is 0.253. The van der Waals surface area contributed by atoms with E-state index < -0.39 is 0 Å². The molecule has 1 aliphatic carbocycles. The highest BCUT2D eigenvalue weighted by Gasteiger charge is 2.45. The molecule has 3 fully saturated rings. The van der Waals surface area contributed by atoms with Crippen LogP contribution in [0.2, 0.25) is 0 Å². The summed E-state index contributed by atoms with van der Waals surface area (Å²) < 4.78 is 5.44. The summed E-state index contributed by atoms with van der Waals surface area (Å²) in [5.41, 5.74) is 0.660. The van der Waals surface area contributed by atoms with Crippen LogP contribution in [-0.4, -0.2) is 36.6 Å². The minimum absolute atomic E-state index is 0.113. The van der Waals surface area contributed by atoms with Crippen LogP contribution in [-0.2, 0) is 9.53 Å². The summed E-state index contributed by atoms with van der Waals surface area (Å²) in [5, 5.41) is 0. The van der Waals surface area contributed by atoms with Crippen molar-refractivity contribution in [1.29, 1.82) is 0 Å². The van der Waals surface area contributed by atoms with Crippen molar-refractivity contribution in [3.8, 4) is 0 Å². The topological polar surface area (TPSA) is 29.5 Å². The van der Waals surface area contributed by atoms with Crippen LogP contribution in [0, 0.1) is 5.41 Å². The minimum Gasteiger partial charge on any atom is -0.368 e. The van der Waals surface area contributed by atoms with Crippen LogP contribution < -0.4 is 0 Å². The van der Waals surface area contributed by atoms with Crippen LogP contribution in [0.15, 0.2) is 0 Å². The minimum atomic E-state index is -0.113. The number of amides is 1. The van der Waals surface area contributed by atoms with Gasteiger partial charge in [0.25, 0.3) is 5.91 Å². The number of nitrogens with zero attached hydrogens (tertiary/aromatic N) is 1. The molecule has 0 unspecified atom stereocenters. The van der Waals surface area contributed by atoms with E-state index in [-0.39, 0.29) is 12.0 Å². The van der Waals surface area contributed by atoms with E-state index in [1.54, 1.807) is 0 Å². The van der Waals surface area contributed by atoms with E-state index in [0.29, 0.717) is 5.41 Å². The highest BCUT2D eigenvalue weighted by molar-refractivity contribution is 5.81. The van der Waals surface area contributed by atoms with Gasteiger partial charge < -0.3 is 9.64 Å². The average Bonchev–Trinajstić information content (AvgIpc) is 2.84. The number of hydrogen-bond acceptors (Lipinski definition) is 2. The third kappa shape index (κ3) is 1.78. The molecule has 15 heavy (non-hydrogen) atoms. The van der Waals surface area contributed by atoms with E-state index in [2.05, 4.69) is 0 Å². The molecule has 2 aliphatic heterocycles. The monoisotopic (exact) mass is 209 g/mol. The lowest BCUT2D eigenvalue weighted by Gasteiger charge is -2.33. The van der Waals surface area contributed by atoms with Crippen molar-refractivity contribution in [3.63, 3.8) is 0 Å². The number of rotatable bonds is 1. The lowest BCUT2D eigenvalue weighted by molar-refractivity contribution is -0.142. The van der Waals surface area contributed by atoms with E-state index in [1.807, 2.05) is 4.90 Å². The Morgan fingerprint density at radius 2 is 1.93 bits per heavy atom. The molecule has 3 rings (SSSR count). The summed E-state index contributed by atoms with van der Waals surface area (Å²) in [6, 6.07) is 0. The standard InChI is InChI=1S/C12H19NO2/c14-11(10-2-1-9-15-10)13-7-5-12(3-4-12)6-8-13/h10H,1-9H2/t10-/m1/s1. The van der Waals surface area contributed by atoms with Gasteiger partial charge in [-0.15, -0.1) is 0 Å². The fraction of sp³-hybridized carbons (Fsp3) is 0.917. The van der Waals surface area contributed by atoms with E-state index >= 15 is 0 Å². The van der Waals surface area contributed by atoms with Gasteiger partial charge in [0, 0.05) is 19.7 Å². The zero-order chi connectivity index (χ0) is 10.3. The first-order chi connectivity index (χ1) is 7.29. The molecule has 1 saturated carbocycles. The first-order valence-corrected chi connectivity index (χ1v) is 6.20. The SMILES string of the molecule is O=C([C@H]1CCCO1)N1CCC2(CC1)CC2. The van der Waals surface area contributed by atoms with Gasteiger partial charge in [-0.25, -0.2) is 0 Å². The molecule has 84 valence electrons. The molecule has 3 heteroatoms. The predicted molar refractivity (Wildman–Crippen MR) is 56.5 cm³/mol. The van der Waals surface area contributed by atoms with Crippen molar-refractivity contribution in [2.75, 3.05) is 19.7 Å². The molecule has 0 N–H and O–H groups in total. The lowest BCUT2D eigenvalue weighted by atomic mass is 9.93. The first-order valence-electron chi connectivity index (χ1n) is 6.20. The third-order valence-electron chi connectivity index (χ3n) is 4.30. The molecule has 2 heterocycles. The highest BCUT2D eigenvalue weighted by atomic mass is 16.5. The Labute approximate surface area is 90.8 Å². The van der Waals surface area contributed by atoms with E-state index in [9.17, 15) is 4.79 Å². The van der Waals surface area contributed by atoms with Crippen molar-refractivity contribution in [1.82, 2.24) is 4.90 Å². The first kappa shape index (κ1) is 9.64. The average molecular weight is 209 g/mol. The van der Waals surface area contributed by atoms with Gasteiger partial charge in [0.1, 0.15) is 6.10 Å². The van der Waals surface area contributed by atoms with Gasteiger partial charge in [-0.2, -0.15) is 0 Å². The summed E-state index contributed by atoms with van der Waals surface area (Å²) in [7, 11) is 0. The molecule has 2 saturated heterocycles. The van der Waals surface area contributed by atoms with Crippen LogP contribution in [0.25, 0.3) is 0 Å². The predicted octanol–water partition coefficient (Wildman–Crippen LogP) is 1.57. The Kier molecular flexibility index (Phi) is 2.23. The van der Waals surface area contributed by atoms with E-state index in [0.717, 1.165) is 32.5 Å². The Bertz CT molecular complexity index is 257. The number of ether oxygens (including phenoxy) is 1. The molecule has 0 radical (unpaired) electrons. The molecule has 0 aromatic rings. The molecule has 3 aliphatic rings. The second-order valence-corrected chi connectivity index (χ2v) is 5.33. The maximum absolute atomic E-state index is 12.0. The lowest BCUT2D eigenvalue weighted by Crippen LogP contribution is -2.44. The van der Waals surface area contributed by atoms with Crippen LogP contribution in [0.1, 0.15) is 38.5 Å². The molecule has 3 nitrogen and oxygen atoms in total. The van der Waals surface area contributed by atoms with Gasteiger partial charge in [-0.1, -0.05) is 0 Å². The molecule has 1 amide bonds. The molecule has 0 aromatic carbocycles. The fourth-order valence-corrected chi connectivity index (χ4v) is 2.85. The third-order valence-corrected chi connectivity index (χ3v) is 4.30. The maximum Gasteiger partial charge on any atom is 0.251 e. The van der Waals surface area contributed by atoms with Gasteiger partial charge in [0.05, 0.1) is 0 Å². The summed E-state index contributed by atoms with van der Waals surface area (Å²) in [4.78, 5) is 14.1. The van der Waals surface area contributed by atoms with E-state index in [1.165, 1.54) is 25.7 Å². The summed E-state index contributed by atoms with van der Waals surface area (Å²) >= 11 is 0. The van der Waals surface area contributed by atoms with Crippen molar-refractivity contribution in [2.45, 2.75) is 44.6 Å². The van der Waals surface area contributed by atoms with Crippen molar-refractivity contribution in [2.24, 2.45) is 5.41 Å². The zero-order valence-electron chi connectivity index (χ0n) is 9.21. The summed E-state index contributed by atoms with van der Waals surface area (Å²) in [6.07, 6.45) is 7.12. The molecule has 0 bridgehead atoms. The second-order valence-electron chi connectivity index (χ2n) is 5.33. The fourth-order valence-electron chi connectivity index (χ4n) is 2.85. The van der Waals surface area contributed by atoms with Crippen LogP contribution in [0.5, 0.6) is 0 Å². The maximum atomic E-state index is 12.0. The molecule has 1 atom stereocenters. The van der Waals surface area contributed by atoms with Gasteiger partial charge in [0.15, 0.2) is 0 Å². The number of hydrogen-bond donors (Lipinski definition) is 0. The Balaban J connectivity index is 1.56. The van der Waals surface area contributed by atoms with Crippen molar-refractivity contribution >= 4 is 5.91 Å². The largest absolute Gasteiger partial charge is 0.368 e. The quantitative estimate of drug-likeness (QED) is 0.656. The number of piperidine rings is 1. The number of carbonyl (C=O) groups is 1. The van der Waals surface area contributed by atoms with E-state index in [4.69, 9.17) is 4.74 Å². The van der Waals surface area contributed by atoms with Gasteiger partial charge in [-0.3, -0.25) is 4.79 Å². The highest BCUT2D eigenvalue weighted by Crippen LogP contribution is 2.53. The van der Waals surface area contributed by atoms with Gasteiger partial charge >= 0.3 is 0 Å². The Hall–Kier alpha value is -0.570. The second kappa shape index (κ2) is 3.48. The Morgan fingerprint density at radius 3 is 2.47 bits per heavy atom. The van der Waals surface area contributed by atoms with Crippen LogP contribution >= 0.6 is 0 Å². The van der Waals surface area contributed by atoms with Crippen LogP contribution in [0.3, 0.4) is 0 Å². The summed E-state index contributed by atoms with van der Waals surface area (Å²) in [6.45, 7) is 2.71. The molecular formula is C12H19NO2.